The average molecular weight is 420 g/mol. The van der Waals surface area contributed by atoms with Crippen LogP contribution in [0.25, 0.3) is 0 Å². The minimum absolute atomic E-state index is 0.0303. The molecule has 1 amide bonds. The lowest BCUT2D eigenvalue weighted by Gasteiger charge is -2.38. The fraction of sp³-hybridized carbons (Fsp3) is 0.476. The molecule has 28 heavy (non-hydrogen) atoms. The van der Waals surface area contributed by atoms with Crippen LogP contribution in [-0.4, -0.2) is 77.1 Å². The summed E-state index contributed by atoms with van der Waals surface area (Å²) < 4.78 is 0. The van der Waals surface area contributed by atoms with Gasteiger partial charge in [0.05, 0.1) is 17.0 Å². The van der Waals surface area contributed by atoms with Gasteiger partial charge in [-0.1, -0.05) is 23.7 Å². The predicted molar refractivity (Wildman–Crippen MR) is 113 cm³/mol. The molecule has 2 aliphatic rings. The van der Waals surface area contributed by atoms with E-state index in [1.165, 1.54) is 16.9 Å². The first kappa shape index (κ1) is 19.9. The molecular weight excluding hydrogens is 394 g/mol. The number of thiophene rings is 1. The Morgan fingerprint density at radius 2 is 1.82 bits per heavy atom. The van der Waals surface area contributed by atoms with Gasteiger partial charge in [0.1, 0.15) is 0 Å². The molecule has 0 bridgehead atoms. The molecule has 2 fully saturated rings. The van der Waals surface area contributed by atoms with Crippen LogP contribution in [0.5, 0.6) is 0 Å². The van der Waals surface area contributed by atoms with Crippen molar-refractivity contribution in [2.24, 2.45) is 0 Å². The van der Waals surface area contributed by atoms with Crippen molar-refractivity contribution in [1.82, 2.24) is 14.7 Å². The summed E-state index contributed by atoms with van der Waals surface area (Å²) in [4.78, 5) is 21.2. The Hall–Kier alpha value is -1.44. The number of likely N-dealkylation sites (tertiary alicyclic amines) is 1. The molecule has 4 rings (SSSR count). The normalized spacial score (nSPS) is 24.0. The maximum Gasteiger partial charge on any atom is 0.264 e. The molecule has 1 N–H and O–H groups in total. The van der Waals surface area contributed by atoms with Gasteiger partial charge in [0.25, 0.3) is 5.91 Å². The summed E-state index contributed by atoms with van der Waals surface area (Å²) in [5, 5.41) is 11.3. The second kappa shape index (κ2) is 8.51. The quantitative estimate of drug-likeness (QED) is 0.827. The second-order valence-electron chi connectivity index (χ2n) is 7.69. The first-order valence-corrected chi connectivity index (χ1v) is 10.9. The molecule has 2 aliphatic heterocycles. The van der Waals surface area contributed by atoms with Gasteiger partial charge >= 0.3 is 0 Å². The highest BCUT2D eigenvalue weighted by molar-refractivity contribution is 7.13. The fourth-order valence-electron chi connectivity index (χ4n) is 4.10. The monoisotopic (exact) mass is 419 g/mol. The highest BCUT2D eigenvalue weighted by atomic mass is 35.5. The first-order chi connectivity index (χ1) is 13.5. The third kappa shape index (κ3) is 4.42. The Morgan fingerprint density at radius 3 is 2.46 bits per heavy atom. The number of amides is 1. The van der Waals surface area contributed by atoms with Crippen LogP contribution >= 0.6 is 22.9 Å². The van der Waals surface area contributed by atoms with Crippen molar-refractivity contribution >= 4 is 28.8 Å². The molecule has 2 saturated heterocycles. The maximum absolute atomic E-state index is 12.7. The number of aliphatic hydroxyl groups excluding tert-OH is 1. The van der Waals surface area contributed by atoms with Crippen LogP contribution in [0.3, 0.4) is 0 Å². The van der Waals surface area contributed by atoms with E-state index >= 15 is 0 Å². The Bertz CT molecular complexity index is 817. The number of carbonyl (C=O) groups is 1. The van der Waals surface area contributed by atoms with Crippen molar-refractivity contribution in [3.8, 4) is 0 Å². The first-order valence-electron chi connectivity index (χ1n) is 9.74. The SMILES string of the molecule is Cc1ccc(C(=O)N2CC(O)C(N3CCN(Cc4ccc(Cl)cc4)CC3)C2)s1. The summed E-state index contributed by atoms with van der Waals surface area (Å²) in [7, 11) is 0. The third-order valence-corrected chi connectivity index (χ3v) is 6.93. The van der Waals surface area contributed by atoms with Crippen molar-refractivity contribution in [2.75, 3.05) is 39.3 Å². The molecule has 150 valence electrons. The predicted octanol–water partition coefficient (Wildman–Crippen LogP) is 2.71. The highest BCUT2D eigenvalue weighted by Crippen LogP contribution is 2.23. The second-order valence-corrected chi connectivity index (χ2v) is 9.42. The van der Waals surface area contributed by atoms with Crippen molar-refractivity contribution < 1.29 is 9.90 Å². The van der Waals surface area contributed by atoms with Gasteiger partial charge in [-0.25, -0.2) is 0 Å². The van der Waals surface area contributed by atoms with E-state index in [-0.39, 0.29) is 11.9 Å². The Morgan fingerprint density at radius 1 is 1.11 bits per heavy atom. The maximum atomic E-state index is 12.7. The third-order valence-electron chi connectivity index (χ3n) is 5.69. The molecular formula is C21H26ClN3O2S. The Balaban J connectivity index is 1.30. The van der Waals surface area contributed by atoms with Gasteiger partial charge in [-0.15, -0.1) is 11.3 Å². The number of β-amino-alcohol motifs (C(OH)–C–C–N with tert-alkyl or cyclic N) is 1. The molecule has 5 nitrogen and oxygen atoms in total. The van der Waals surface area contributed by atoms with Crippen LogP contribution in [0.2, 0.25) is 5.02 Å². The van der Waals surface area contributed by atoms with E-state index in [1.807, 2.05) is 31.2 Å². The topological polar surface area (TPSA) is 47.0 Å². The molecule has 0 aliphatic carbocycles. The largest absolute Gasteiger partial charge is 0.390 e. The van der Waals surface area contributed by atoms with Crippen molar-refractivity contribution in [2.45, 2.75) is 25.6 Å². The summed E-state index contributed by atoms with van der Waals surface area (Å²) in [5.41, 5.74) is 1.27. The van der Waals surface area contributed by atoms with Gasteiger partial charge < -0.3 is 10.0 Å². The zero-order valence-corrected chi connectivity index (χ0v) is 17.6. The van der Waals surface area contributed by atoms with E-state index in [0.717, 1.165) is 47.5 Å². The molecule has 0 saturated carbocycles. The molecule has 3 heterocycles. The van der Waals surface area contributed by atoms with E-state index in [4.69, 9.17) is 11.6 Å². The summed E-state index contributed by atoms with van der Waals surface area (Å²) in [6.45, 7) is 7.70. The van der Waals surface area contributed by atoms with Crippen molar-refractivity contribution in [3.63, 3.8) is 0 Å². The Kier molecular flexibility index (Phi) is 6.04. The summed E-state index contributed by atoms with van der Waals surface area (Å²) in [6.07, 6.45) is -0.479. The van der Waals surface area contributed by atoms with Crippen LogP contribution < -0.4 is 0 Å². The lowest BCUT2D eigenvalue weighted by molar-refractivity contribution is 0.0423. The van der Waals surface area contributed by atoms with Crippen LogP contribution in [0, 0.1) is 6.92 Å². The van der Waals surface area contributed by atoms with Gasteiger partial charge in [-0.3, -0.25) is 14.6 Å². The number of aryl methyl sites for hydroxylation is 1. The Labute approximate surface area is 175 Å². The summed E-state index contributed by atoms with van der Waals surface area (Å²) in [6, 6.07) is 11.9. The van der Waals surface area contributed by atoms with Crippen LogP contribution in [0.1, 0.15) is 20.1 Å². The smallest absolute Gasteiger partial charge is 0.264 e. The van der Waals surface area contributed by atoms with Gasteiger partial charge in [-0.05, 0) is 36.8 Å². The molecule has 1 aromatic carbocycles. The zero-order valence-electron chi connectivity index (χ0n) is 16.1. The van der Waals surface area contributed by atoms with E-state index in [1.54, 1.807) is 4.90 Å². The minimum atomic E-state index is -0.479. The molecule has 1 aromatic heterocycles. The van der Waals surface area contributed by atoms with Gasteiger partial charge in [0.2, 0.25) is 0 Å². The molecule has 2 aromatic rings. The molecule has 7 heteroatoms. The number of hydrogen-bond acceptors (Lipinski definition) is 5. The van der Waals surface area contributed by atoms with E-state index in [9.17, 15) is 9.90 Å². The van der Waals surface area contributed by atoms with Gasteiger partial charge in [-0.2, -0.15) is 0 Å². The van der Waals surface area contributed by atoms with E-state index in [2.05, 4.69) is 21.9 Å². The van der Waals surface area contributed by atoms with Gasteiger partial charge in [0.15, 0.2) is 0 Å². The summed E-state index contributed by atoms with van der Waals surface area (Å²) >= 11 is 7.48. The number of halogens is 1. The fourth-order valence-corrected chi connectivity index (χ4v) is 5.06. The van der Waals surface area contributed by atoms with E-state index in [0.29, 0.717) is 13.1 Å². The number of benzene rings is 1. The summed E-state index contributed by atoms with van der Waals surface area (Å²) in [5.74, 6) is 0.0426. The average Bonchev–Trinajstić information content (AvgIpc) is 3.30. The lowest BCUT2D eigenvalue weighted by atomic mass is 10.1. The number of piperazine rings is 1. The molecule has 2 unspecified atom stereocenters. The number of rotatable bonds is 4. The lowest BCUT2D eigenvalue weighted by Crippen LogP contribution is -2.53. The standard InChI is InChI=1S/C21H26ClN3O2S/c1-15-2-7-20(28-15)21(27)25-13-18(19(26)14-25)24-10-8-23(9-11-24)12-16-3-5-17(22)6-4-16/h2-7,18-19,26H,8-14H2,1H3. The number of nitrogens with zero attached hydrogens (tertiary/aromatic N) is 3. The molecule has 0 radical (unpaired) electrons. The molecule has 0 spiro atoms. The number of carbonyl (C=O) groups excluding carboxylic acids is 1. The number of hydrogen-bond donors (Lipinski definition) is 1. The van der Waals surface area contributed by atoms with Gasteiger partial charge in [0, 0.05) is 55.7 Å². The van der Waals surface area contributed by atoms with Crippen LogP contribution in [-0.2, 0) is 6.54 Å². The van der Waals surface area contributed by atoms with Crippen LogP contribution in [0.4, 0.5) is 0 Å². The minimum Gasteiger partial charge on any atom is -0.390 e. The van der Waals surface area contributed by atoms with E-state index < -0.39 is 6.10 Å². The van der Waals surface area contributed by atoms with Crippen molar-refractivity contribution in [1.29, 1.82) is 0 Å². The van der Waals surface area contributed by atoms with Crippen molar-refractivity contribution in [3.05, 3.63) is 56.7 Å². The number of aliphatic hydroxyl groups is 1. The highest BCUT2D eigenvalue weighted by Gasteiger charge is 2.39. The van der Waals surface area contributed by atoms with Crippen LogP contribution in [0.15, 0.2) is 36.4 Å². The zero-order chi connectivity index (χ0) is 19.7. The molecule has 2 atom stereocenters.